The number of aliphatic hydroxyl groups excluding tert-OH is 6. The lowest BCUT2D eigenvalue weighted by molar-refractivity contribution is -0.288. The highest BCUT2D eigenvalue weighted by Crippen LogP contribution is 2.61. The molecule has 0 bridgehead atoms. The highest BCUT2D eigenvalue weighted by Gasteiger charge is 2.51. The molecule has 2 aromatic heterocycles. The van der Waals surface area contributed by atoms with Crippen molar-refractivity contribution in [1.29, 1.82) is 0 Å². The van der Waals surface area contributed by atoms with Gasteiger partial charge in [0, 0.05) is 60.1 Å². The van der Waals surface area contributed by atoms with Crippen LogP contribution in [0.3, 0.4) is 0 Å². The Balaban J connectivity index is 0.990. The summed E-state index contributed by atoms with van der Waals surface area (Å²) in [6, 6.07) is -3.01. The van der Waals surface area contributed by atoms with Crippen molar-refractivity contribution in [2.45, 2.75) is 118 Å². The molecule has 4 heterocycles. The second-order valence-corrected chi connectivity index (χ2v) is 23.7. The lowest BCUT2D eigenvalue weighted by Gasteiger charge is -2.45. The molecule has 74 heavy (non-hydrogen) atoms. The summed E-state index contributed by atoms with van der Waals surface area (Å²) in [5, 5.41) is 70.3. The normalized spacial score (nSPS) is 32.3. The Morgan fingerprint density at radius 2 is 1.53 bits per heavy atom. The van der Waals surface area contributed by atoms with Crippen LogP contribution >= 0.6 is 23.5 Å². The minimum Gasteiger partial charge on any atom is -0.389 e. The van der Waals surface area contributed by atoms with Gasteiger partial charge in [-0.1, -0.05) is 13.8 Å². The Morgan fingerprint density at radius 1 is 0.851 bits per heavy atom. The lowest BCUT2D eigenvalue weighted by Crippen LogP contribution is -2.67. The summed E-state index contributed by atoms with van der Waals surface area (Å²) in [5.41, 5.74) is 21.9. The first kappa shape index (κ1) is 61.7. The van der Waals surface area contributed by atoms with Gasteiger partial charge in [0.05, 0.1) is 31.7 Å². The summed E-state index contributed by atoms with van der Waals surface area (Å²) in [4.78, 5) is 88.8. The van der Waals surface area contributed by atoms with Crippen LogP contribution in [0.4, 0.5) is 5.82 Å². The van der Waals surface area contributed by atoms with Crippen molar-refractivity contribution in [1.82, 2.24) is 35.5 Å². The Labute approximate surface area is 421 Å². The molecule has 3 aliphatic rings. The number of amides is 3. The molecule has 422 valence electrons. The zero-order valence-electron chi connectivity index (χ0n) is 39.2. The summed E-state index contributed by atoms with van der Waals surface area (Å²) in [6.45, 7) is -0.720. The van der Waals surface area contributed by atoms with E-state index in [0.717, 1.165) is 17.2 Å². The first-order chi connectivity index (χ1) is 34.3. The standard InChI is InChI=1S/C35H62N11O24P3S/c1-35(2,11-65-73(61,62)70-72(59,60)64-9-17-28(69-71(56,57)58)26(53)33(66-17)46-13-45-21-30(39)43-12-44-31(21)46)29(54)32(55)41-4-3-18(47)40-5-6-74(63)10-19(48)42-8-16-23(50)24(51)20(38)34(67-16)68-27-15(37)7-14(36)22(49)25(27)52/h12-17,20,22-29,33-34,49-54H,3-11,36-38H2,1-2H3,(H,40,47)(H,41,55)(H,42,48)(H,59,60)(H,61,62)(H2,39,43,44)(H2,56,57,58)/t14-,15+,16-,17-,20-,22+,23-,24-,25-,26?,27?,28-,29?,33-,34-,74?/m1/s1. The molecule has 39 heteroatoms. The number of carbonyl (C=O) groups is 3. The van der Waals surface area contributed by atoms with Crippen LogP contribution in [-0.4, -0.2) is 221 Å². The van der Waals surface area contributed by atoms with Crippen molar-refractivity contribution in [2.24, 2.45) is 22.6 Å². The number of fused-ring (bicyclic) bond motifs is 1. The van der Waals surface area contributed by atoms with Gasteiger partial charge in [0.25, 0.3) is 0 Å². The Kier molecular flexibility index (Phi) is 21.3. The maximum Gasteiger partial charge on any atom is 0.481 e. The molecule has 1 aliphatic carbocycles. The largest absolute Gasteiger partial charge is 0.481 e. The van der Waals surface area contributed by atoms with Crippen LogP contribution < -0.4 is 38.9 Å². The molecule has 2 aromatic rings. The van der Waals surface area contributed by atoms with Crippen molar-refractivity contribution >= 4 is 69.0 Å². The molecule has 2 saturated heterocycles. The van der Waals surface area contributed by atoms with Crippen LogP contribution in [-0.2, 0) is 71.0 Å². The van der Waals surface area contributed by atoms with E-state index in [1.165, 1.54) is 13.8 Å². The van der Waals surface area contributed by atoms with Gasteiger partial charge in [-0.3, -0.25) is 36.7 Å². The number of carbonyl (C=O) groups excluding carboxylic acids is 3. The maximum atomic E-state index is 12.8. The van der Waals surface area contributed by atoms with Gasteiger partial charge < -0.3 is 103 Å². The quantitative estimate of drug-likeness (QED) is 0.0411. The molecular weight excluding hydrogens is 1080 g/mol. The van der Waals surface area contributed by atoms with Crippen molar-refractivity contribution in [3.63, 3.8) is 0 Å². The van der Waals surface area contributed by atoms with E-state index in [2.05, 4.69) is 39.7 Å². The average molecular weight is 1150 g/mol. The first-order valence-corrected chi connectivity index (χ1v) is 28.1. The SMILES string of the molecule is CC(C)(COP(=O)(O)OP(=O)(O)OC[C@H]1O[C@@H](n2cnc3c(N)ncnc32)C(O)[C@@H]1OP(=O)(O)O)C(O)C(=O)NCCC(=O)NCCS(=O)CC(=O)NC[C@H]1O[C@H](OC2[C@@H](N)C[C@@H](N)[C@H](O)[C@H]2O)[C@H](N)[C@@H](O)[C@@H]1O. The number of aromatic nitrogens is 4. The third kappa shape index (κ3) is 16.4. The van der Waals surface area contributed by atoms with E-state index in [9.17, 15) is 82.5 Å². The molecular formula is C35H62N11O24P3S. The lowest BCUT2D eigenvalue weighted by atomic mass is 9.84. The Bertz CT molecular complexity index is 2450. The fourth-order valence-electron chi connectivity index (χ4n) is 7.60. The summed E-state index contributed by atoms with van der Waals surface area (Å²) >= 11 is 0. The fraction of sp³-hybridized carbons (Fsp3) is 0.771. The topological polar surface area (TPSA) is 570 Å². The number of aliphatic hydroxyl groups is 6. The number of nitrogens with one attached hydrogen (secondary N) is 3. The predicted octanol–water partition coefficient (Wildman–Crippen LogP) is -7.79. The number of hydrogen-bond acceptors (Lipinski definition) is 27. The van der Waals surface area contributed by atoms with Crippen molar-refractivity contribution in [2.75, 3.05) is 50.1 Å². The molecule has 6 unspecified atom stereocenters. The molecule has 21 N–H and O–H groups in total. The summed E-state index contributed by atoms with van der Waals surface area (Å²) in [6.07, 6.45) is -17.4. The smallest absolute Gasteiger partial charge is 0.389 e. The van der Waals surface area contributed by atoms with E-state index in [1.807, 2.05) is 0 Å². The van der Waals surface area contributed by atoms with Gasteiger partial charge in [-0.2, -0.15) is 4.31 Å². The predicted molar refractivity (Wildman–Crippen MR) is 247 cm³/mol. The highest BCUT2D eigenvalue weighted by molar-refractivity contribution is 7.85. The number of ether oxygens (including phenoxy) is 3. The van der Waals surface area contributed by atoms with E-state index in [4.69, 9.17) is 46.2 Å². The molecule has 0 spiro atoms. The molecule has 35 nitrogen and oxygen atoms in total. The minimum atomic E-state index is -5.65. The third-order valence-electron chi connectivity index (χ3n) is 11.7. The van der Waals surface area contributed by atoms with E-state index >= 15 is 0 Å². The number of nitrogens with zero attached hydrogens (tertiary/aromatic N) is 4. The molecule has 18 atom stereocenters. The number of hydrogen-bond donors (Lipinski definition) is 17. The number of anilines is 1. The van der Waals surface area contributed by atoms with Crippen molar-refractivity contribution in [3.05, 3.63) is 12.7 Å². The van der Waals surface area contributed by atoms with E-state index in [0.29, 0.717) is 0 Å². The van der Waals surface area contributed by atoms with Gasteiger partial charge >= 0.3 is 23.5 Å². The second kappa shape index (κ2) is 25.5. The van der Waals surface area contributed by atoms with E-state index in [-0.39, 0.29) is 48.7 Å². The van der Waals surface area contributed by atoms with Gasteiger partial charge in [0.1, 0.15) is 72.5 Å². The van der Waals surface area contributed by atoms with Crippen molar-refractivity contribution in [3.8, 4) is 0 Å². The van der Waals surface area contributed by atoms with Gasteiger partial charge in [0.2, 0.25) is 17.7 Å². The zero-order valence-corrected chi connectivity index (χ0v) is 42.7. The number of phosphoric ester groups is 3. The van der Waals surface area contributed by atoms with Crippen molar-refractivity contribution < 1.29 is 115 Å². The van der Waals surface area contributed by atoms with Gasteiger partial charge in [-0.25, -0.2) is 28.6 Å². The Hall–Kier alpha value is -3.20. The average Bonchev–Trinajstić information content (AvgIpc) is 3.87. The minimum absolute atomic E-state index is 0.0000973. The first-order valence-electron chi connectivity index (χ1n) is 22.1. The zero-order chi connectivity index (χ0) is 55.2. The molecule has 3 amide bonds. The van der Waals surface area contributed by atoms with Crippen LogP contribution in [0.2, 0.25) is 0 Å². The van der Waals surface area contributed by atoms with Gasteiger partial charge in [-0.15, -0.1) is 0 Å². The molecule has 1 saturated carbocycles. The number of nitrogens with two attached hydrogens (primary N) is 4. The number of imidazole rings is 1. The second-order valence-electron chi connectivity index (χ2n) is 17.9. The van der Waals surface area contributed by atoms with Gasteiger partial charge in [-0.05, 0) is 6.42 Å². The molecule has 3 fully saturated rings. The highest BCUT2D eigenvalue weighted by atomic mass is 32.2. The third-order valence-corrected chi connectivity index (χ3v) is 16.0. The molecule has 0 radical (unpaired) electrons. The fourth-order valence-corrected chi connectivity index (χ4v) is 11.3. The van der Waals surface area contributed by atoms with Crippen LogP contribution in [0.25, 0.3) is 11.2 Å². The molecule has 2 aliphatic heterocycles. The monoisotopic (exact) mass is 1150 g/mol. The molecule has 0 aromatic carbocycles. The van der Waals surface area contributed by atoms with Crippen LogP contribution in [0.1, 0.15) is 32.9 Å². The number of rotatable bonds is 25. The molecule has 5 rings (SSSR count). The maximum absolute atomic E-state index is 12.8. The summed E-state index contributed by atoms with van der Waals surface area (Å²) < 4.78 is 86.3. The van der Waals surface area contributed by atoms with Gasteiger partial charge in [0.15, 0.2) is 24.0 Å². The number of phosphoric acid groups is 3. The van der Waals surface area contributed by atoms with Crippen LogP contribution in [0.5, 0.6) is 0 Å². The van der Waals surface area contributed by atoms with Crippen LogP contribution in [0.15, 0.2) is 12.7 Å². The van der Waals surface area contributed by atoms with E-state index < -0.39 is 175 Å². The van der Waals surface area contributed by atoms with Crippen LogP contribution in [0, 0.1) is 5.41 Å². The number of nitrogen functional groups attached to an aromatic ring is 1. The Morgan fingerprint density at radius 3 is 2.20 bits per heavy atom. The summed E-state index contributed by atoms with van der Waals surface area (Å²) in [7, 11) is -18.4. The summed E-state index contributed by atoms with van der Waals surface area (Å²) in [5.74, 6) is -3.33. The van der Waals surface area contributed by atoms with E-state index in [1.54, 1.807) is 0 Å².